The van der Waals surface area contributed by atoms with Crippen molar-refractivity contribution >= 4 is 23.4 Å². The van der Waals surface area contributed by atoms with Crippen molar-refractivity contribution in [2.24, 2.45) is 11.5 Å². The number of nitrogens with one attached hydrogen (secondary N) is 1. The number of primary amides is 2. The van der Waals surface area contributed by atoms with E-state index in [2.05, 4.69) is 5.48 Å². The molecule has 2 amide bonds. The van der Waals surface area contributed by atoms with Crippen LogP contribution in [0.2, 0.25) is 5.02 Å². The van der Waals surface area contributed by atoms with Crippen LogP contribution in [0.3, 0.4) is 0 Å². The van der Waals surface area contributed by atoms with Gasteiger partial charge in [0, 0.05) is 17.1 Å². The fourth-order valence-corrected chi connectivity index (χ4v) is 1.34. The van der Waals surface area contributed by atoms with E-state index in [9.17, 15) is 9.59 Å². The molecule has 17 heavy (non-hydrogen) atoms. The van der Waals surface area contributed by atoms with E-state index in [-0.39, 0.29) is 13.2 Å². The van der Waals surface area contributed by atoms with Gasteiger partial charge in [-0.2, -0.15) is 5.48 Å². The van der Waals surface area contributed by atoms with E-state index in [1.165, 1.54) is 6.07 Å². The number of rotatable bonds is 6. The second-order valence-corrected chi connectivity index (χ2v) is 3.65. The summed E-state index contributed by atoms with van der Waals surface area (Å²) in [4.78, 5) is 26.0. The highest BCUT2D eigenvalue weighted by molar-refractivity contribution is 6.31. The van der Waals surface area contributed by atoms with Crippen molar-refractivity contribution in [3.8, 4) is 0 Å². The van der Waals surface area contributed by atoms with Crippen molar-refractivity contribution in [3.05, 3.63) is 34.3 Å². The molecule has 6 nitrogen and oxygen atoms in total. The Morgan fingerprint density at radius 2 is 2.06 bits per heavy atom. The van der Waals surface area contributed by atoms with E-state index in [1.807, 2.05) is 0 Å². The van der Waals surface area contributed by atoms with Crippen LogP contribution in [-0.4, -0.2) is 18.4 Å². The molecule has 1 aromatic carbocycles. The highest BCUT2D eigenvalue weighted by Crippen LogP contribution is 2.17. The van der Waals surface area contributed by atoms with Gasteiger partial charge in [0.05, 0.1) is 0 Å². The zero-order valence-corrected chi connectivity index (χ0v) is 9.66. The number of benzene rings is 1. The van der Waals surface area contributed by atoms with Gasteiger partial charge in [0.2, 0.25) is 11.8 Å². The van der Waals surface area contributed by atoms with Crippen LogP contribution in [0, 0.1) is 0 Å². The summed E-state index contributed by atoms with van der Waals surface area (Å²) in [5, 5.41) is 0.386. The predicted octanol–water partition coefficient (Wildman–Crippen LogP) is -0.0546. The van der Waals surface area contributed by atoms with Gasteiger partial charge in [-0.15, -0.1) is 0 Å². The molecule has 7 heteroatoms. The van der Waals surface area contributed by atoms with Crippen molar-refractivity contribution in [2.75, 3.05) is 6.61 Å². The van der Waals surface area contributed by atoms with Gasteiger partial charge in [-0.05, 0) is 17.7 Å². The lowest BCUT2D eigenvalue weighted by Crippen LogP contribution is -2.24. The zero-order chi connectivity index (χ0) is 12.8. The Morgan fingerprint density at radius 1 is 1.35 bits per heavy atom. The predicted molar refractivity (Wildman–Crippen MR) is 62.0 cm³/mol. The summed E-state index contributed by atoms with van der Waals surface area (Å²) < 4.78 is 0. The Labute approximate surface area is 103 Å². The highest BCUT2D eigenvalue weighted by atomic mass is 35.5. The molecule has 0 aromatic heterocycles. The molecule has 0 aliphatic heterocycles. The summed E-state index contributed by atoms with van der Waals surface area (Å²) in [5.41, 5.74) is 13.5. The van der Waals surface area contributed by atoms with Crippen molar-refractivity contribution in [1.29, 1.82) is 0 Å². The minimum atomic E-state index is -0.576. The van der Waals surface area contributed by atoms with Crippen molar-refractivity contribution in [2.45, 2.75) is 6.54 Å². The Hall–Kier alpha value is -1.63. The number of hydroxylamine groups is 1. The summed E-state index contributed by atoms with van der Waals surface area (Å²) in [6.07, 6.45) is 0. The summed E-state index contributed by atoms with van der Waals surface area (Å²) in [7, 11) is 0. The van der Waals surface area contributed by atoms with E-state index >= 15 is 0 Å². The van der Waals surface area contributed by atoms with Crippen LogP contribution in [0.4, 0.5) is 0 Å². The molecule has 0 saturated carbocycles. The molecule has 1 aromatic rings. The first-order valence-electron chi connectivity index (χ1n) is 4.72. The topological polar surface area (TPSA) is 107 Å². The molecule has 0 fully saturated rings. The van der Waals surface area contributed by atoms with E-state index in [1.54, 1.807) is 12.1 Å². The van der Waals surface area contributed by atoms with E-state index in [4.69, 9.17) is 27.9 Å². The number of carbonyl (C=O) groups is 2. The van der Waals surface area contributed by atoms with Crippen molar-refractivity contribution < 1.29 is 14.4 Å². The Kier molecular flexibility index (Phi) is 4.89. The first kappa shape index (κ1) is 13.4. The van der Waals surface area contributed by atoms with Crippen LogP contribution in [-0.2, 0) is 16.2 Å². The van der Waals surface area contributed by atoms with E-state index < -0.39 is 11.8 Å². The van der Waals surface area contributed by atoms with Gasteiger partial charge in [-0.1, -0.05) is 17.7 Å². The zero-order valence-electron chi connectivity index (χ0n) is 8.90. The third-order valence-electron chi connectivity index (χ3n) is 1.92. The first-order valence-corrected chi connectivity index (χ1v) is 5.09. The van der Waals surface area contributed by atoms with Crippen molar-refractivity contribution in [1.82, 2.24) is 5.48 Å². The molecule has 5 N–H and O–H groups in total. The van der Waals surface area contributed by atoms with Gasteiger partial charge in [0.25, 0.3) is 0 Å². The number of hydrogen-bond donors (Lipinski definition) is 3. The SMILES string of the molecule is NC(=O)CONCc1ccc(C(N)=O)cc1Cl. The molecule has 0 spiro atoms. The molecule has 1 rings (SSSR count). The lowest BCUT2D eigenvalue weighted by atomic mass is 10.1. The highest BCUT2D eigenvalue weighted by Gasteiger charge is 2.05. The van der Waals surface area contributed by atoms with Crippen LogP contribution >= 0.6 is 11.6 Å². The Bertz CT molecular complexity index is 437. The summed E-state index contributed by atoms with van der Waals surface area (Å²) in [6, 6.07) is 4.66. The maximum Gasteiger partial charge on any atom is 0.248 e. The molecule has 0 radical (unpaired) electrons. The molecule has 0 atom stereocenters. The second-order valence-electron chi connectivity index (χ2n) is 3.25. The normalized spacial score (nSPS) is 10.2. The maximum atomic E-state index is 10.9. The minimum Gasteiger partial charge on any atom is -0.368 e. The standard InChI is InChI=1S/C10H12ClN3O3/c11-8-3-6(10(13)16)1-2-7(8)4-14-17-5-9(12)15/h1-3,14H,4-5H2,(H2,12,15)(H2,13,16). The van der Waals surface area contributed by atoms with Crippen LogP contribution in [0.1, 0.15) is 15.9 Å². The third kappa shape index (κ3) is 4.39. The molecule has 0 aliphatic carbocycles. The van der Waals surface area contributed by atoms with Crippen molar-refractivity contribution in [3.63, 3.8) is 0 Å². The minimum absolute atomic E-state index is 0.225. The molecule has 0 aliphatic rings. The lowest BCUT2D eigenvalue weighted by molar-refractivity contribution is -0.125. The smallest absolute Gasteiger partial charge is 0.248 e. The average Bonchev–Trinajstić information content (AvgIpc) is 2.25. The molecule has 0 saturated heterocycles. The largest absolute Gasteiger partial charge is 0.368 e. The number of carbonyl (C=O) groups excluding carboxylic acids is 2. The average molecular weight is 258 g/mol. The van der Waals surface area contributed by atoms with Gasteiger partial charge in [-0.3, -0.25) is 14.4 Å². The Morgan fingerprint density at radius 3 is 2.59 bits per heavy atom. The Balaban J connectivity index is 2.54. The van der Waals surface area contributed by atoms with Gasteiger partial charge in [0.1, 0.15) is 6.61 Å². The van der Waals surface area contributed by atoms with Gasteiger partial charge >= 0.3 is 0 Å². The summed E-state index contributed by atoms with van der Waals surface area (Å²) in [5.74, 6) is -1.12. The van der Waals surface area contributed by atoms with Crippen LogP contribution < -0.4 is 16.9 Å². The van der Waals surface area contributed by atoms with Crippen LogP contribution in [0.5, 0.6) is 0 Å². The molecular formula is C10H12ClN3O3. The quantitative estimate of drug-likeness (QED) is 0.490. The van der Waals surface area contributed by atoms with Gasteiger partial charge < -0.3 is 11.5 Å². The molecule has 92 valence electrons. The summed E-state index contributed by atoms with van der Waals surface area (Å²) in [6.45, 7) is 0.0577. The number of amides is 2. The maximum absolute atomic E-state index is 10.9. The number of halogens is 1. The monoisotopic (exact) mass is 257 g/mol. The number of nitrogens with two attached hydrogens (primary N) is 2. The van der Waals surface area contributed by atoms with Gasteiger partial charge in [-0.25, -0.2) is 0 Å². The van der Waals surface area contributed by atoms with Crippen LogP contribution in [0.25, 0.3) is 0 Å². The number of hydrogen-bond acceptors (Lipinski definition) is 4. The fraction of sp³-hybridized carbons (Fsp3) is 0.200. The molecule has 0 unspecified atom stereocenters. The lowest BCUT2D eigenvalue weighted by Gasteiger charge is -2.07. The third-order valence-corrected chi connectivity index (χ3v) is 2.27. The molecular weight excluding hydrogens is 246 g/mol. The summed E-state index contributed by atoms with van der Waals surface area (Å²) >= 11 is 5.92. The van der Waals surface area contributed by atoms with Crippen LogP contribution in [0.15, 0.2) is 18.2 Å². The first-order chi connectivity index (χ1) is 8.00. The second kappa shape index (κ2) is 6.19. The van der Waals surface area contributed by atoms with E-state index in [0.717, 1.165) is 0 Å². The van der Waals surface area contributed by atoms with Gasteiger partial charge in [0.15, 0.2) is 0 Å². The van der Waals surface area contributed by atoms with E-state index in [0.29, 0.717) is 16.1 Å². The molecule has 0 heterocycles. The molecule has 0 bridgehead atoms. The fourth-order valence-electron chi connectivity index (χ4n) is 1.09.